The van der Waals surface area contributed by atoms with Crippen LogP contribution in [0.3, 0.4) is 0 Å². The van der Waals surface area contributed by atoms with E-state index in [4.69, 9.17) is 0 Å². The van der Waals surface area contributed by atoms with E-state index in [-0.39, 0.29) is 4.88 Å². The first kappa shape index (κ1) is 13.0. The van der Waals surface area contributed by atoms with Gasteiger partial charge in [0.1, 0.15) is 6.10 Å². The van der Waals surface area contributed by atoms with Crippen LogP contribution in [0.15, 0.2) is 24.7 Å². The molecule has 2 heterocycles. The minimum atomic E-state index is -4.48. The lowest BCUT2D eigenvalue weighted by atomic mass is 10.1. The highest BCUT2D eigenvalue weighted by Gasteiger charge is 2.35. The van der Waals surface area contributed by atoms with E-state index in [9.17, 15) is 18.3 Å². The Bertz CT molecular complexity index is 553. The molecule has 7 heteroatoms. The molecule has 18 heavy (non-hydrogen) atoms. The first-order valence-corrected chi connectivity index (χ1v) is 5.82. The van der Waals surface area contributed by atoms with Crippen LogP contribution in [-0.4, -0.2) is 15.1 Å². The highest BCUT2D eigenvalue weighted by atomic mass is 32.1. The Kier molecular flexibility index (Phi) is 3.36. The van der Waals surface area contributed by atoms with Gasteiger partial charge < -0.3 is 5.11 Å². The van der Waals surface area contributed by atoms with E-state index in [0.29, 0.717) is 16.9 Å². The summed E-state index contributed by atoms with van der Waals surface area (Å²) in [6.07, 6.45) is -1.57. The second-order valence-corrected chi connectivity index (χ2v) is 4.76. The number of rotatable bonds is 2. The smallest absolute Gasteiger partial charge is 0.383 e. The average molecular weight is 274 g/mol. The molecule has 0 aliphatic carbocycles. The van der Waals surface area contributed by atoms with E-state index in [1.54, 1.807) is 19.2 Å². The second-order valence-electron chi connectivity index (χ2n) is 3.70. The van der Waals surface area contributed by atoms with Gasteiger partial charge in [0.05, 0.1) is 4.88 Å². The number of nitrogens with zero attached hydrogens (tertiary/aromatic N) is 2. The molecule has 0 fully saturated rings. The van der Waals surface area contributed by atoms with Crippen LogP contribution in [0.25, 0.3) is 0 Å². The normalized spacial score (nSPS) is 13.6. The van der Waals surface area contributed by atoms with E-state index in [1.807, 2.05) is 0 Å². The molecule has 1 N–H and O–H groups in total. The van der Waals surface area contributed by atoms with Crippen molar-refractivity contribution < 1.29 is 18.3 Å². The Balaban J connectivity index is 2.33. The summed E-state index contributed by atoms with van der Waals surface area (Å²) < 4.78 is 37.2. The minimum absolute atomic E-state index is 0.151. The quantitative estimate of drug-likeness (QED) is 0.915. The van der Waals surface area contributed by atoms with Gasteiger partial charge in [-0.1, -0.05) is 0 Å². The summed E-state index contributed by atoms with van der Waals surface area (Å²) in [6.45, 7) is 1.76. The fraction of sp³-hybridized carbons (Fsp3) is 0.273. The Morgan fingerprint density at radius 1 is 1.33 bits per heavy atom. The van der Waals surface area contributed by atoms with Crippen molar-refractivity contribution in [1.29, 1.82) is 0 Å². The third-order valence-corrected chi connectivity index (χ3v) is 3.50. The van der Waals surface area contributed by atoms with Gasteiger partial charge in [-0.3, -0.25) is 4.98 Å². The van der Waals surface area contributed by atoms with E-state index >= 15 is 0 Å². The van der Waals surface area contributed by atoms with Crippen LogP contribution in [0.2, 0.25) is 0 Å². The lowest BCUT2D eigenvalue weighted by molar-refractivity contribution is -0.137. The molecule has 0 saturated heterocycles. The Morgan fingerprint density at radius 2 is 2.06 bits per heavy atom. The molecule has 0 saturated carbocycles. The molecule has 0 aliphatic rings. The molecule has 0 radical (unpaired) electrons. The number of aryl methyl sites for hydroxylation is 1. The van der Waals surface area contributed by atoms with E-state index in [0.717, 1.165) is 11.8 Å². The largest absolute Gasteiger partial charge is 0.443 e. The standard InChI is InChI=1S/C11H9F3N2OS/c1-6-2-3-15-4-7(6)9(17)8-5-16-10(18-8)11(12,13)14/h2-5,9,17H,1H3. The van der Waals surface area contributed by atoms with E-state index in [2.05, 4.69) is 9.97 Å². The number of aromatic nitrogens is 2. The molecule has 1 unspecified atom stereocenters. The summed E-state index contributed by atoms with van der Waals surface area (Å²) in [5.74, 6) is 0. The fourth-order valence-electron chi connectivity index (χ4n) is 1.46. The monoisotopic (exact) mass is 274 g/mol. The summed E-state index contributed by atoms with van der Waals surface area (Å²) in [6, 6.07) is 1.68. The van der Waals surface area contributed by atoms with Crippen LogP contribution in [0, 0.1) is 6.92 Å². The van der Waals surface area contributed by atoms with Gasteiger partial charge in [0.15, 0.2) is 5.01 Å². The van der Waals surface area contributed by atoms with Gasteiger partial charge in [-0.15, -0.1) is 11.3 Å². The van der Waals surface area contributed by atoms with Crippen LogP contribution in [0.4, 0.5) is 13.2 Å². The number of aliphatic hydroxyl groups is 1. The third-order valence-electron chi connectivity index (χ3n) is 2.41. The number of aliphatic hydroxyl groups excluding tert-OH is 1. The highest BCUT2D eigenvalue weighted by Crippen LogP contribution is 2.36. The maximum atomic E-state index is 12.4. The summed E-state index contributed by atoms with van der Waals surface area (Å²) in [5, 5.41) is 9.05. The number of alkyl halides is 3. The van der Waals surface area contributed by atoms with Gasteiger partial charge in [-0.2, -0.15) is 13.2 Å². The van der Waals surface area contributed by atoms with Crippen molar-refractivity contribution in [3.63, 3.8) is 0 Å². The van der Waals surface area contributed by atoms with Crippen molar-refractivity contribution >= 4 is 11.3 Å². The van der Waals surface area contributed by atoms with Crippen LogP contribution >= 0.6 is 11.3 Å². The van der Waals surface area contributed by atoms with Gasteiger partial charge in [-0.25, -0.2) is 4.98 Å². The number of halogens is 3. The molecule has 0 spiro atoms. The Hall–Kier alpha value is -1.47. The molecule has 0 amide bonds. The zero-order valence-electron chi connectivity index (χ0n) is 9.27. The number of thiazole rings is 1. The molecule has 0 aliphatic heterocycles. The molecule has 0 bridgehead atoms. The van der Waals surface area contributed by atoms with Crippen molar-refractivity contribution in [2.75, 3.05) is 0 Å². The average Bonchev–Trinajstić information content (AvgIpc) is 2.77. The van der Waals surface area contributed by atoms with Gasteiger partial charge in [0, 0.05) is 24.2 Å². The van der Waals surface area contributed by atoms with E-state index < -0.39 is 17.3 Å². The zero-order valence-corrected chi connectivity index (χ0v) is 10.1. The van der Waals surface area contributed by atoms with Gasteiger partial charge >= 0.3 is 6.18 Å². The van der Waals surface area contributed by atoms with Crippen molar-refractivity contribution in [3.8, 4) is 0 Å². The highest BCUT2D eigenvalue weighted by molar-refractivity contribution is 7.11. The molecule has 96 valence electrons. The van der Waals surface area contributed by atoms with Gasteiger partial charge in [0.2, 0.25) is 0 Å². The van der Waals surface area contributed by atoms with Crippen LogP contribution in [0.1, 0.15) is 27.1 Å². The Morgan fingerprint density at radius 3 is 2.61 bits per heavy atom. The van der Waals surface area contributed by atoms with Crippen molar-refractivity contribution in [1.82, 2.24) is 9.97 Å². The van der Waals surface area contributed by atoms with Crippen molar-refractivity contribution in [2.45, 2.75) is 19.2 Å². The lowest BCUT2D eigenvalue weighted by Gasteiger charge is -2.10. The first-order chi connectivity index (χ1) is 8.39. The van der Waals surface area contributed by atoms with Gasteiger partial charge in [0.25, 0.3) is 0 Å². The molecular formula is C11H9F3N2OS. The van der Waals surface area contributed by atoms with Crippen molar-refractivity contribution in [3.05, 3.63) is 45.7 Å². The number of hydrogen-bond acceptors (Lipinski definition) is 4. The minimum Gasteiger partial charge on any atom is -0.383 e. The summed E-state index contributed by atoms with van der Waals surface area (Å²) in [4.78, 5) is 7.28. The summed E-state index contributed by atoms with van der Waals surface area (Å²) in [7, 11) is 0. The number of pyridine rings is 1. The molecule has 3 nitrogen and oxygen atoms in total. The molecule has 0 aromatic carbocycles. The predicted octanol–water partition coefficient (Wildman–Crippen LogP) is 2.95. The van der Waals surface area contributed by atoms with Gasteiger partial charge in [-0.05, 0) is 18.6 Å². The second kappa shape index (κ2) is 4.66. The fourth-order valence-corrected chi connectivity index (χ4v) is 2.25. The molecule has 2 aromatic rings. The molecule has 2 rings (SSSR count). The Labute approximate surface area is 105 Å². The van der Waals surface area contributed by atoms with Crippen LogP contribution < -0.4 is 0 Å². The predicted molar refractivity (Wildman–Crippen MR) is 60.2 cm³/mol. The SMILES string of the molecule is Cc1ccncc1C(O)c1cnc(C(F)(F)F)s1. The van der Waals surface area contributed by atoms with Crippen LogP contribution in [-0.2, 0) is 6.18 Å². The lowest BCUT2D eigenvalue weighted by Crippen LogP contribution is -2.03. The molecule has 1 atom stereocenters. The molecule has 2 aromatic heterocycles. The first-order valence-electron chi connectivity index (χ1n) is 5.01. The van der Waals surface area contributed by atoms with Crippen molar-refractivity contribution in [2.24, 2.45) is 0 Å². The topological polar surface area (TPSA) is 46.0 Å². The van der Waals surface area contributed by atoms with Crippen LogP contribution in [0.5, 0.6) is 0 Å². The summed E-state index contributed by atoms with van der Waals surface area (Å²) in [5.41, 5.74) is 1.24. The summed E-state index contributed by atoms with van der Waals surface area (Å²) >= 11 is 0.438. The maximum absolute atomic E-state index is 12.4. The third kappa shape index (κ3) is 2.51. The van der Waals surface area contributed by atoms with E-state index in [1.165, 1.54) is 6.20 Å². The molecular weight excluding hydrogens is 265 g/mol. The zero-order chi connectivity index (χ0) is 13.3. The number of hydrogen-bond donors (Lipinski definition) is 1. The maximum Gasteiger partial charge on any atom is 0.443 e.